The number of nitrogens with one attached hydrogen (secondary N) is 1. The molecule has 0 atom stereocenters. The van der Waals surface area contributed by atoms with Crippen molar-refractivity contribution in [3.8, 4) is 5.75 Å². The highest BCUT2D eigenvalue weighted by Gasteiger charge is 2.09. The largest absolute Gasteiger partial charge is 0.489 e. The van der Waals surface area contributed by atoms with E-state index >= 15 is 0 Å². The number of hydrazine groups is 1. The highest BCUT2D eigenvalue weighted by molar-refractivity contribution is 5.55. The third-order valence-corrected chi connectivity index (χ3v) is 1.85. The molecule has 1 aromatic carbocycles. The standard InChI is InChI=1S/C10H13N3O3/c1-2-3-4-16-10-6-8(12-11)5-9(7-10)13(14)15/h2-3,5-7,12H,4,11H2,1H3/b3-2+. The van der Waals surface area contributed by atoms with Crippen LogP contribution >= 0.6 is 0 Å². The predicted octanol–water partition coefficient (Wildman–Crippen LogP) is 1.84. The monoisotopic (exact) mass is 223 g/mol. The number of nitrogen functional groups attached to an aromatic ring is 1. The molecule has 0 aliphatic heterocycles. The Bertz CT molecular complexity index is 404. The maximum atomic E-state index is 10.6. The minimum Gasteiger partial charge on any atom is -0.489 e. The number of nitrogens with zero attached hydrogens (tertiary/aromatic N) is 1. The van der Waals surface area contributed by atoms with E-state index in [4.69, 9.17) is 10.6 Å². The normalized spacial score (nSPS) is 10.4. The van der Waals surface area contributed by atoms with Gasteiger partial charge in [-0.05, 0) is 6.92 Å². The maximum absolute atomic E-state index is 10.6. The Morgan fingerprint density at radius 2 is 2.31 bits per heavy atom. The highest BCUT2D eigenvalue weighted by atomic mass is 16.6. The summed E-state index contributed by atoms with van der Waals surface area (Å²) < 4.78 is 5.29. The highest BCUT2D eigenvalue weighted by Crippen LogP contribution is 2.25. The zero-order chi connectivity index (χ0) is 12.0. The number of allylic oxidation sites excluding steroid dienone is 1. The topological polar surface area (TPSA) is 90.4 Å². The van der Waals surface area contributed by atoms with Gasteiger partial charge in [0.25, 0.3) is 5.69 Å². The number of non-ortho nitro benzene ring substituents is 1. The van der Waals surface area contributed by atoms with Gasteiger partial charge in [-0.25, -0.2) is 0 Å². The van der Waals surface area contributed by atoms with Crippen LogP contribution in [0.1, 0.15) is 6.92 Å². The van der Waals surface area contributed by atoms with Crippen molar-refractivity contribution in [2.75, 3.05) is 12.0 Å². The number of ether oxygens (including phenoxy) is 1. The molecule has 0 aliphatic rings. The summed E-state index contributed by atoms with van der Waals surface area (Å²) in [6, 6.07) is 4.28. The lowest BCUT2D eigenvalue weighted by atomic mass is 10.2. The predicted molar refractivity (Wildman–Crippen MR) is 61.2 cm³/mol. The number of benzene rings is 1. The van der Waals surface area contributed by atoms with Crippen LogP contribution in [-0.4, -0.2) is 11.5 Å². The van der Waals surface area contributed by atoms with Gasteiger partial charge in [0.1, 0.15) is 12.4 Å². The van der Waals surface area contributed by atoms with E-state index in [1.807, 2.05) is 13.0 Å². The van der Waals surface area contributed by atoms with Crippen molar-refractivity contribution in [2.45, 2.75) is 6.92 Å². The van der Waals surface area contributed by atoms with Gasteiger partial charge in [-0.1, -0.05) is 12.2 Å². The van der Waals surface area contributed by atoms with Gasteiger partial charge in [0.2, 0.25) is 0 Å². The summed E-state index contributed by atoms with van der Waals surface area (Å²) in [4.78, 5) is 10.1. The van der Waals surface area contributed by atoms with Gasteiger partial charge < -0.3 is 10.2 Å². The summed E-state index contributed by atoms with van der Waals surface area (Å²) in [5, 5.41) is 10.6. The first-order valence-electron chi connectivity index (χ1n) is 4.67. The van der Waals surface area contributed by atoms with Crippen LogP contribution in [0, 0.1) is 10.1 Å². The van der Waals surface area contributed by atoms with Crippen molar-refractivity contribution in [3.63, 3.8) is 0 Å². The molecule has 0 heterocycles. The quantitative estimate of drug-likeness (QED) is 0.344. The average molecular weight is 223 g/mol. The van der Waals surface area contributed by atoms with Gasteiger partial charge in [-0.15, -0.1) is 0 Å². The number of hydrogen-bond donors (Lipinski definition) is 2. The molecule has 86 valence electrons. The van der Waals surface area contributed by atoms with Gasteiger partial charge in [0, 0.05) is 12.1 Å². The van der Waals surface area contributed by atoms with E-state index in [0.717, 1.165) is 0 Å². The van der Waals surface area contributed by atoms with Crippen LogP contribution in [0.4, 0.5) is 11.4 Å². The third kappa shape index (κ3) is 3.25. The van der Waals surface area contributed by atoms with Gasteiger partial charge in [-0.2, -0.15) is 0 Å². The van der Waals surface area contributed by atoms with Gasteiger partial charge in [0.15, 0.2) is 0 Å². The fraction of sp³-hybridized carbons (Fsp3) is 0.200. The molecule has 6 nitrogen and oxygen atoms in total. The van der Waals surface area contributed by atoms with E-state index in [9.17, 15) is 10.1 Å². The van der Waals surface area contributed by atoms with Crippen LogP contribution in [0.25, 0.3) is 0 Å². The van der Waals surface area contributed by atoms with Crippen molar-refractivity contribution in [2.24, 2.45) is 5.84 Å². The Morgan fingerprint density at radius 1 is 1.56 bits per heavy atom. The first-order valence-corrected chi connectivity index (χ1v) is 4.67. The zero-order valence-electron chi connectivity index (χ0n) is 8.84. The fourth-order valence-corrected chi connectivity index (χ4v) is 1.10. The molecule has 0 fully saturated rings. The van der Waals surface area contributed by atoms with Gasteiger partial charge >= 0.3 is 0 Å². The van der Waals surface area contributed by atoms with Crippen molar-refractivity contribution in [1.82, 2.24) is 0 Å². The van der Waals surface area contributed by atoms with E-state index in [1.165, 1.54) is 12.1 Å². The molecule has 1 aromatic rings. The smallest absolute Gasteiger partial charge is 0.275 e. The fourth-order valence-electron chi connectivity index (χ4n) is 1.10. The van der Waals surface area contributed by atoms with E-state index in [2.05, 4.69) is 5.43 Å². The number of rotatable bonds is 5. The number of nitro groups is 1. The lowest BCUT2D eigenvalue weighted by molar-refractivity contribution is -0.384. The van der Waals surface area contributed by atoms with E-state index in [-0.39, 0.29) is 5.69 Å². The molecular weight excluding hydrogens is 210 g/mol. The Hall–Kier alpha value is -2.08. The van der Waals surface area contributed by atoms with Crippen molar-refractivity contribution >= 4 is 11.4 Å². The van der Waals surface area contributed by atoms with Crippen LogP contribution in [0.3, 0.4) is 0 Å². The Labute approximate surface area is 92.8 Å². The maximum Gasteiger partial charge on any atom is 0.275 e. The second-order valence-corrected chi connectivity index (χ2v) is 3.00. The summed E-state index contributed by atoms with van der Waals surface area (Å²) in [7, 11) is 0. The van der Waals surface area contributed by atoms with Gasteiger partial charge in [0.05, 0.1) is 16.7 Å². The first kappa shape index (κ1) is 12.0. The van der Waals surface area contributed by atoms with Crippen molar-refractivity contribution in [1.29, 1.82) is 0 Å². The van der Waals surface area contributed by atoms with Crippen LogP contribution in [0.5, 0.6) is 5.75 Å². The lowest BCUT2D eigenvalue weighted by Crippen LogP contribution is -2.07. The average Bonchev–Trinajstić information content (AvgIpc) is 2.29. The molecular formula is C10H13N3O3. The van der Waals surface area contributed by atoms with Crippen LogP contribution in [0.2, 0.25) is 0 Å². The summed E-state index contributed by atoms with van der Waals surface area (Å²) in [5.41, 5.74) is 2.72. The van der Waals surface area contributed by atoms with Crippen molar-refractivity contribution < 1.29 is 9.66 Å². The van der Waals surface area contributed by atoms with Gasteiger partial charge in [-0.3, -0.25) is 16.0 Å². The molecule has 0 saturated heterocycles. The number of nitro benzene ring substituents is 1. The molecule has 0 aromatic heterocycles. The Morgan fingerprint density at radius 3 is 2.88 bits per heavy atom. The molecule has 6 heteroatoms. The summed E-state index contributed by atoms with van der Waals surface area (Å²) in [5.74, 6) is 5.60. The second-order valence-electron chi connectivity index (χ2n) is 3.00. The SMILES string of the molecule is C/C=C/COc1cc(NN)cc([N+](=O)[O-])c1. The number of nitrogens with two attached hydrogens (primary N) is 1. The number of anilines is 1. The number of hydrogen-bond acceptors (Lipinski definition) is 5. The molecule has 1 rings (SSSR count). The summed E-state index contributed by atoms with van der Waals surface area (Å²) in [6.45, 7) is 2.23. The summed E-state index contributed by atoms with van der Waals surface area (Å²) >= 11 is 0. The lowest BCUT2D eigenvalue weighted by Gasteiger charge is -2.06. The molecule has 0 spiro atoms. The van der Waals surface area contributed by atoms with Crippen LogP contribution in [-0.2, 0) is 0 Å². The minimum atomic E-state index is -0.497. The van der Waals surface area contributed by atoms with E-state index in [0.29, 0.717) is 18.0 Å². The summed E-state index contributed by atoms with van der Waals surface area (Å²) in [6.07, 6.45) is 3.63. The molecule has 0 radical (unpaired) electrons. The molecule has 3 N–H and O–H groups in total. The first-order chi connectivity index (χ1) is 7.67. The van der Waals surface area contributed by atoms with Crippen molar-refractivity contribution in [3.05, 3.63) is 40.5 Å². The Balaban J connectivity index is 2.90. The zero-order valence-corrected chi connectivity index (χ0v) is 8.84. The molecule has 0 bridgehead atoms. The molecule has 0 saturated carbocycles. The second kappa shape index (κ2) is 5.72. The van der Waals surface area contributed by atoms with E-state index in [1.54, 1.807) is 12.1 Å². The third-order valence-electron chi connectivity index (χ3n) is 1.85. The Kier molecular flexibility index (Phi) is 4.28. The molecule has 0 amide bonds. The molecule has 16 heavy (non-hydrogen) atoms. The van der Waals surface area contributed by atoms with E-state index < -0.39 is 4.92 Å². The van der Waals surface area contributed by atoms with Crippen LogP contribution < -0.4 is 16.0 Å². The molecule has 0 aliphatic carbocycles. The molecule has 0 unspecified atom stereocenters. The van der Waals surface area contributed by atoms with Crippen LogP contribution in [0.15, 0.2) is 30.4 Å². The minimum absolute atomic E-state index is 0.0640.